The van der Waals surface area contributed by atoms with Gasteiger partial charge in [0.05, 0.1) is 5.60 Å². The fourth-order valence-electron chi connectivity index (χ4n) is 2.56. The van der Waals surface area contributed by atoms with Crippen LogP contribution in [0.1, 0.15) is 59.8 Å². The van der Waals surface area contributed by atoms with E-state index < -0.39 is 0 Å². The van der Waals surface area contributed by atoms with Crippen LogP contribution in [0.4, 0.5) is 0 Å². The Kier molecular flexibility index (Phi) is 3.63. The Morgan fingerprint density at radius 3 is 2.07 bits per heavy atom. The van der Waals surface area contributed by atoms with Crippen LogP contribution in [0.15, 0.2) is 0 Å². The fourth-order valence-corrected chi connectivity index (χ4v) is 2.56. The van der Waals surface area contributed by atoms with E-state index in [0.29, 0.717) is 5.41 Å². The van der Waals surface area contributed by atoms with Crippen LogP contribution in [0.5, 0.6) is 0 Å². The first-order valence-electron chi connectivity index (χ1n) is 5.90. The van der Waals surface area contributed by atoms with Crippen molar-refractivity contribution in [2.24, 2.45) is 11.3 Å². The molecular weight excluding hydrogens is 172 g/mol. The molecule has 0 aromatic rings. The van der Waals surface area contributed by atoms with Gasteiger partial charge in [0.1, 0.15) is 0 Å². The van der Waals surface area contributed by atoms with Crippen LogP contribution in [0.2, 0.25) is 0 Å². The van der Waals surface area contributed by atoms with Crippen LogP contribution < -0.4 is 0 Å². The predicted octanol–water partition coefficient (Wildman–Crippen LogP) is 4.02. The summed E-state index contributed by atoms with van der Waals surface area (Å²) in [7, 11) is 1.85. The smallest absolute Gasteiger partial charge is 0.0651 e. The van der Waals surface area contributed by atoms with Crippen molar-refractivity contribution in [1.82, 2.24) is 0 Å². The average molecular weight is 198 g/mol. The summed E-state index contributed by atoms with van der Waals surface area (Å²) in [5.41, 5.74) is 0.667. The zero-order valence-electron chi connectivity index (χ0n) is 10.5. The molecule has 1 aliphatic rings. The lowest BCUT2D eigenvalue weighted by molar-refractivity contribution is -0.0372. The lowest BCUT2D eigenvalue weighted by atomic mass is 9.73. The Bertz CT molecular complexity index is 170. The molecule has 0 heterocycles. The van der Waals surface area contributed by atoms with Gasteiger partial charge in [0.2, 0.25) is 0 Å². The number of hydrogen-bond donors (Lipinski definition) is 0. The second kappa shape index (κ2) is 4.22. The molecule has 0 bridgehead atoms. The van der Waals surface area contributed by atoms with Crippen molar-refractivity contribution >= 4 is 0 Å². The molecule has 0 amide bonds. The molecule has 0 radical (unpaired) electrons. The van der Waals surface area contributed by atoms with Gasteiger partial charge in [-0.05, 0) is 50.4 Å². The van der Waals surface area contributed by atoms with Gasteiger partial charge in [-0.25, -0.2) is 0 Å². The maximum atomic E-state index is 5.56. The van der Waals surface area contributed by atoms with Crippen molar-refractivity contribution in [2.45, 2.75) is 65.4 Å². The van der Waals surface area contributed by atoms with Gasteiger partial charge in [-0.15, -0.1) is 0 Å². The minimum atomic E-state index is 0.175. The molecule has 14 heavy (non-hydrogen) atoms. The van der Waals surface area contributed by atoms with Gasteiger partial charge in [-0.1, -0.05) is 20.8 Å². The highest BCUT2D eigenvalue weighted by Gasteiger charge is 2.32. The van der Waals surface area contributed by atoms with Crippen LogP contribution >= 0.6 is 0 Å². The molecule has 1 saturated carbocycles. The van der Waals surface area contributed by atoms with Crippen molar-refractivity contribution in [1.29, 1.82) is 0 Å². The molecular formula is C13H26O. The van der Waals surface area contributed by atoms with Gasteiger partial charge in [0.15, 0.2) is 0 Å². The highest BCUT2D eigenvalue weighted by molar-refractivity contribution is 4.84. The third-order valence-corrected chi connectivity index (χ3v) is 3.56. The summed E-state index contributed by atoms with van der Waals surface area (Å²) in [4.78, 5) is 0. The Balaban J connectivity index is 2.36. The molecule has 0 aromatic heterocycles. The molecule has 0 aromatic carbocycles. The van der Waals surface area contributed by atoms with E-state index >= 15 is 0 Å². The maximum absolute atomic E-state index is 5.56. The second-order valence-electron chi connectivity index (χ2n) is 6.36. The van der Waals surface area contributed by atoms with Gasteiger partial charge in [0, 0.05) is 7.11 Å². The molecule has 0 unspecified atom stereocenters. The summed E-state index contributed by atoms with van der Waals surface area (Å²) in [6.45, 7) is 9.28. The highest BCUT2D eigenvalue weighted by Crippen LogP contribution is 2.39. The van der Waals surface area contributed by atoms with Gasteiger partial charge in [0.25, 0.3) is 0 Å². The van der Waals surface area contributed by atoms with Crippen LogP contribution in [-0.4, -0.2) is 12.7 Å². The second-order valence-corrected chi connectivity index (χ2v) is 6.36. The van der Waals surface area contributed by atoms with Crippen LogP contribution in [-0.2, 0) is 4.74 Å². The number of hydrogen-bond acceptors (Lipinski definition) is 1. The Morgan fingerprint density at radius 2 is 1.71 bits per heavy atom. The lowest BCUT2D eigenvalue weighted by Gasteiger charge is -2.38. The summed E-state index contributed by atoms with van der Waals surface area (Å²) >= 11 is 0. The first-order valence-corrected chi connectivity index (χ1v) is 5.90. The van der Waals surface area contributed by atoms with E-state index in [9.17, 15) is 0 Å². The molecule has 0 N–H and O–H groups in total. The van der Waals surface area contributed by atoms with E-state index in [4.69, 9.17) is 4.74 Å². The van der Waals surface area contributed by atoms with Gasteiger partial charge < -0.3 is 4.74 Å². The van der Waals surface area contributed by atoms with Gasteiger partial charge in [-0.2, -0.15) is 0 Å². The molecule has 1 heteroatoms. The van der Waals surface area contributed by atoms with E-state index in [1.807, 2.05) is 7.11 Å². The van der Waals surface area contributed by atoms with E-state index in [2.05, 4.69) is 27.7 Å². The molecule has 1 aliphatic carbocycles. The van der Waals surface area contributed by atoms with E-state index in [-0.39, 0.29) is 5.60 Å². The largest absolute Gasteiger partial charge is 0.379 e. The van der Waals surface area contributed by atoms with E-state index in [1.165, 1.54) is 32.1 Å². The van der Waals surface area contributed by atoms with Crippen molar-refractivity contribution in [3.63, 3.8) is 0 Å². The zero-order valence-corrected chi connectivity index (χ0v) is 10.5. The monoisotopic (exact) mass is 198 g/mol. The van der Waals surface area contributed by atoms with Gasteiger partial charge in [-0.3, -0.25) is 0 Å². The number of methoxy groups -OCH3 is 1. The number of ether oxygens (including phenoxy) is 1. The van der Waals surface area contributed by atoms with Crippen LogP contribution in [0.25, 0.3) is 0 Å². The first-order chi connectivity index (χ1) is 6.35. The molecule has 1 fully saturated rings. The SMILES string of the molecule is CO[C@]1(C)CC[C@H](CC(C)(C)C)CC1. The summed E-state index contributed by atoms with van der Waals surface area (Å²) < 4.78 is 5.56. The van der Waals surface area contributed by atoms with Crippen molar-refractivity contribution in [3.05, 3.63) is 0 Å². The average Bonchev–Trinajstić information content (AvgIpc) is 2.07. The molecule has 0 aliphatic heterocycles. The van der Waals surface area contributed by atoms with Crippen molar-refractivity contribution < 1.29 is 4.74 Å². The van der Waals surface area contributed by atoms with Gasteiger partial charge >= 0.3 is 0 Å². The topological polar surface area (TPSA) is 9.23 Å². The minimum absolute atomic E-state index is 0.175. The molecule has 1 nitrogen and oxygen atoms in total. The van der Waals surface area contributed by atoms with Crippen molar-refractivity contribution in [2.75, 3.05) is 7.11 Å². The summed E-state index contributed by atoms with van der Waals surface area (Å²) in [5, 5.41) is 0. The summed E-state index contributed by atoms with van der Waals surface area (Å²) in [6, 6.07) is 0. The molecule has 0 spiro atoms. The lowest BCUT2D eigenvalue weighted by Crippen LogP contribution is -2.33. The normalized spacial score (nSPS) is 34.5. The first kappa shape index (κ1) is 12.0. The summed E-state index contributed by atoms with van der Waals surface area (Å²) in [6.07, 6.45) is 6.55. The summed E-state index contributed by atoms with van der Waals surface area (Å²) in [5.74, 6) is 0.929. The Morgan fingerprint density at radius 1 is 1.21 bits per heavy atom. The minimum Gasteiger partial charge on any atom is -0.379 e. The maximum Gasteiger partial charge on any atom is 0.0651 e. The quantitative estimate of drug-likeness (QED) is 0.651. The Hall–Kier alpha value is -0.0400. The molecule has 1 rings (SSSR count). The van der Waals surface area contributed by atoms with Crippen molar-refractivity contribution in [3.8, 4) is 0 Å². The van der Waals surface area contributed by atoms with E-state index in [0.717, 1.165) is 5.92 Å². The molecule has 84 valence electrons. The third-order valence-electron chi connectivity index (χ3n) is 3.56. The van der Waals surface area contributed by atoms with Crippen LogP contribution in [0, 0.1) is 11.3 Å². The van der Waals surface area contributed by atoms with E-state index in [1.54, 1.807) is 0 Å². The predicted molar refractivity (Wildman–Crippen MR) is 61.4 cm³/mol. The zero-order chi connectivity index (χ0) is 10.8. The van der Waals surface area contributed by atoms with Crippen LogP contribution in [0.3, 0.4) is 0 Å². The molecule has 0 atom stereocenters. The highest BCUT2D eigenvalue weighted by atomic mass is 16.5. The Labute approximate surface area is 89.2 Å². The third kappa shape index (κ3) is 3.61. The fraction of sp³-hybridized carbons (Fsp3) is 1.00. The standard InChI is InChI=1S/C13H26O/c1-12(2,3)10-11-6-8-13(4,14-5)9-7-11/h11H,6-10H2,1-5H3/t11-,13+. The molecule has 0 saturated heterocycles. The number of rotatable bonds is 2.